The van der Waals surface area contributed by atoms with Crippen molar-refractivity contribution in [2.75, 3.05) is 13.6 Å². The summed E-state index contributed by atoms with van der Waals surface area (Å²) < 4.78 is 0. The molecule has 4 nitrogen and oxygen atoms in total. The Bertz CT molecular complexity index is 353. The molecule has 0 radical (unpaired) electrons. The maximum absolute atomic E-state index is 11.6. The molecule has 88 valence electrons. The molecular weight excluding hydrogens is 204 g/mol. The van der Waals surface area contributed by atoms with Gasteiger partial charge in [0.1, 0.15) is 5.75 Å². The smallest absolute Gasteiger partial charge is 0.222 e. The van der Waals surface area contributed by atoms with Crippen molar-refractivity contribution in [1.82, 2.24) is 4.90 Å². The number of hydrogen-bond donors (Lipinski definition) is 2. The van der Waals surface area contributed by atoms with E-state index in [1.165, 1.54) is 0 Å². The number of carbonyl (C=O) groups is 1. The molecule has 0 aliphatic heterocycles. The monoisotopic (exact) mass is 222 g/mol. The van der Waals surface area contributed by atoms with Gasteiger partial charge in [-0.1, -0.05) is 18.2 Å². The molecule has 0 saturated carbocycles. The van der Waals surface area contributed by atoms with E-state index >= 15 is 0 Å². The number of hydrogen-bond acceptors (Lipinski definition) is 3. The van der Waals surface area contributed by atoms with E-state index in [0.717, 1.165) is 5.56 Å². The highest BCUT2D eigenvalue weighted by Gasteiger charge is 2.10. The van der Waals surface area contributed by atoms with E-state index in [1.54, 1.807) is 24.1 Å². The molecule has 0 aliphatic rings. The summed E-state index contributed by atoms with van der Waals surface area (Å²) in [6.07, 6.45) is 1.16. The van der Waals surface area contributed by atoms with Crippen LogP contribution in [0.25, 0.3) is 0 Å². The highest BCUT2D eigenvalue weighted by Crippen LogP contribution is 2.17. The molecule has 0 heterocycles. The van der Waals surface area contributed by atoms with Crippen LogP contribution in [-0.2, 0) is 11.3 Å². The molecule has 3 N–H and O–H groups in total. The van der Waals surface area contributed by atoms with Gasteiger partial charge in [-0.3, -0.25) is 4.79 Å². The van der Waals surface area contributed by atoms with Gasteiger partial charge < -0.3 is 15.7 Å². The van der Waals surface area contributed by atoms with Crippen LogP contribution in [0.15, 0.2) is 24.3 Å². The Morgan fingerprint density at radius 2 is 2.12 bits per heavy atom. The first-order chi connectivity index (χ1) is 7.65. The van der Waals surface area contributed by atoms with Crippen LogP contribution in [0.3, 0.4) is 0 Å². The molecule has 1 aromatic rings. The van der Waals surface area contributed by atoms with Crippen LogP contribution < -0.4 is 5.73 Å². The lowest BCUT2D eigenvalue weighted by molar-refractivity contribution is -0.130. The van der Waals surface area contributed by atoms with Gasteiger partial charge >= 0.3 is 0 Å². The molecule has 0 saturated heterocycles. The number of benzene rings is 1. The van der Waals surface area contributed by atoms with Gasteiger partial charge in [0.05, 0.1) is 0 Å². The minimum Gasteiger partial charge on any atom is -0.508 e. The summed E-state index contributed by atoms with van der Waals surface area (Å²) in [5, 5.41) is 9.56. The highest BCUT2D eigenvalue weighted by atomic mass is 16.3. The normalized spacial score (nSPS) is 10.1. The van der Waals surface area contributed by atoms with Gasteiger partial charge in [-0.2, -0.15) is 0 Å². The number of phenols is 1. The molecule has 1 amide bonds. The number of para-hydroxylation sites is 1. The number of amides is 1. The average molecular weight is 222 g/mol. The lowest BCUT2D eigenvalue weighted by Crippen LogP contribution is -2.26. The Hall–Kier alpha value is -1.55. The van der Waals surface area contributed by atoms with Gasteiger partial charge in [0.15, 0.2) is 0 Å². The molecule has 0 bridgehead atoms. The van der Waals surface area contributed by atoms with Gasteiger partial charge in [-0.15, -0.1) is 0 Å². The number of nitrogens with two attached hydrogens (primary N) is 1. The molecule has 4 heteroatoms. The first kappa shape index (κ1) is 12.5. The van der Waals surface area contributed by atoms with Crippen LogP contribution >= 0.6 is 0 Å². The largest absolute Gasteiger partial charge is 0.508 e. The molecular formula is C12H18N2O2. The second-order valence-corrected chi connectivity index (χ2v) is 3.77. The van der Waals surface area contributed by atoms with Crippen molar-refractivity contribution in [3.8, 4) is 5.75 Å². The van der Waals surface area contributed by atoms with Crippen molar-refractivity contribution in [2.45, 2.75) is 19.4 Å². The summed E-state index contributed by atoms with van der Waals surface area (Å²) in [5.41, 5.74) is 6.10. The third-order valence-electron chi connectivity index (χ3n) is 2.42. The Labute approximate surface area is 95.7 Å². The maximum Gasteiger partial charge on any atom is 0.222 e. The Kier molecular flexibility index (Phi) is 4.79. The van der Waals surface area contributed by atoms with Gasteiger partial charge in [0.2, 0.25) is 5.91 Å². The number of rotatable bonds is 5. The summed E-state index contributed by atoms with van der Waals surface area (Å²) in [4.78, 5) is 13.2. The van der Waals surface area contributed by atoms with E-state index < -0.39 is 0 Å². The van der Waals surface area contributed by atoms with Crippen molar-refractivity contribution in [3.63, 3.8) is 0 Å². The topological polar surface area (TPSA) is 66.6 Å². The predicted octanol–water partition coefficient (Wildman–Crippen LogP) is 1.09. The second-order valence-electron chi connectivity index (χ2n) is 3.77. The summed E-state index contributed by atoms with van der Waals surface area (Å²) >= 11 is 0. The summed E-state index contributed by atoms with van der Waals surface area (Å²) in [6, 6.07) is 7.03. The summed E-state index contributed by atoms with van der Waals surface area (Å²) in [5.74, 6) is 0.273. The number of nitrogens with zero attached hydrogens (tertiary/aromatic N) is 1. The summed E-state index contributed by atoms with van der Waals surface area (Å²) in [6.45, 7) is 0.951. The Morgan fingerprint density at radius 3 is 2.75 bits per heavy atom. The minimum absolute atomic E-state index is 0.0497. The SMILES string of the molecule is CN(Cc1ccccc1O)C(=O)CCCN. The van der Waals surface area contributed by atoms with Crippen LogP contribution in [0.5, 0.6) is 5.75 Å². The van der Waals surface area contributed by atoms with E-state index in [9.17, 15) is 9.90 Å². The fraction of sp³-hybridized carbons (Fsp3) is 0.417. The first-order valence-corrected chi connectivity index (χ1v) is 5.36. The zero-order valence-electron chi connectivity index (χ0n) is 9.52. The predicted molar refractivity (Wildman–Crippen MR) is 62.9 cm³/mol. The zero-order valence-corrected chi connectivity index (χ0v) is 9.52. The quantitative estimate of drug-likeness (QED) is 0.783. The highest BCUT2D eigenvalue weighted by molar-refractivity contribution is 5.75. The molecule has 0 atom stereocenters. The number of phenolic OH excluding ortho intramolecular Hbond substituents is 1. The van der Waals surface area contributed by atoms with Crippen LogP contribution in [0, 0.1) is 0 Å². The van der Waals surface area contributed by atoms with Crippen molar-refractivity contribution in [2.24, 2.45) is 5.73 Å². The molecule has 1 aromatic carbocycles. The van der Waals surface area contributed by atoms with Crippen LogP contribution in [0.4, 0.5) is 0 Å². The summed E-state index contributed by atoms with van der Waals surface area (Å²) in [7, 11) is 1.73. The zero-order chi connectivity index (χ0) is 12.0. The molecule has 0 unspecified atom stereocenters. The standard InChI is InChI=1S/C12H18N2O2/c1-14(12(16)7-4-8-13)9-10-5-2-3-6-11(10)15/h2-3,5-6,15H,4,7-9,13H2,1H3. The van der Waals surface area contributed by atoms with E-state index in [4.69, 9.17) is 5.73 Å². The second kappa shape index (κ2) is 6.12. The van der Waals surface area contributed by atoms with Crippen LogP contribution in [0.1, 0.15) is 18.4 Å². The third-order valence-corrected chi connectivity index (χ3v) is 2.42. The fourth-order valence-corrected chi connectivity index (χ4v) is 1.43. The third kappa shape index (κ3) is 3.55. The van der Waals surface area contributed by atoms with E-state index in [2.05, 4.69) is 0 Å². The number of aromatic hydroxyl groups is 1. The van der Waals surface area contributed by atoms with Crippen LogP contribution in [-0.4, -0.2) is 29.5 Å². The molecule has 1 rings (SSSR count). The van der Waals surface area contributed by atoms with E-state index in [0.29, 0.717) is 25.9 Å². The van der Waals surface area contributed by atoms with Crippen molar-refractivity contribution in [1.29, 1.82) is 0 Å². The van der Waals surface area contributed by atoms with Crippen LogP contribution in [0.2, 0.25) is 0 Å². The Morgan fingerprint density at radius 1 is 1.44 bits per heavy atom. The molecule has 0 fully saturated rings. The molecule has 0 aliphatic carbocycles. The van der Waals surface area contributed by atoms with Crippen molar-refractivity contribution in [3.05, 3.63) is 29.8 Å². The maximum atomic E-state index is 11.6. The lowest BCUT2D eigenvalue weighted by Gasteiger charge is -2.17. The van der Waals surface area contributed by atoms with Crippen molar-refractivity contribution < 1.29 is 9.90 Å². The lowest BCUT2D eigenvalue weighted by atomic mass is 10.2. The molecule has 0 aromatic heterocycles. The van der Waals surface area contributed by atoms with Crippen molar-refractivity contribution >= 4 is 5.91 Å². The Balaban J connectivity index is 2.54. The fourth-order valence-electron chi connectivity index (χ4n) is 1.43. The molecule has 16 heavy (non-hydrogen) atoms. The van der Waals surface area contributed by atoms with Gasteiger partial charge in [-0.25, -0.2) is 0 Å². The number of carbonyl (C=O) groups excluding carboxylic acids is 1. The van der Waals surface area contributed by atoms with Gasteiger partial charge in [0, 0.05) is 25.6 Å². The molecule has 0 spiro atoms. The van der Waals surface area contributed by atoms with E-state index in [1.807, 2.05) is 12.1 Å². The average Bonchev–Trinajstić information content (AvgIpc) is 2.28. The van der Waals surface area contributed by atoms with Gasteiger partial charge in [-0.05, 0) is 19.0 Å². The van der Waals surface area contributed by atoms with Gasteiger partial charge in [0.25, 0.3) is 0 Å². The first-order valence-electron chi connectivity index (χ1n) is 5.36. The minimum atomic E-state index is 0.0497. The van der Waals surface area contributed by atoms with E-state index in [-0.39, 0.29) is 11.7 Å².